The smallest absolute Gasteiger partial charge is 0.255 e. The Hall–Kier alpha value is -3.93. The summed E-state index contributed by atoms with van der Waals surface area (Å²) in [5, 5.41) is 46.2. The number of Topliss-reactive ketones (excluding diaryl/α,β-unsaturated/α-hetero) is 2. The number of primary amides is 1. The lowest BCUT2D eigenvalue weighted by Crippen LogP contribution is -2.65. The summed E-state index contributed by atoms with van der Waals surface area (Å²) in [4.78, 5) is 43.5. The number of aliphatic hydroxyl groups excluding tert-OH is 2. The molecule has 6 N–H and O–H groups in total. The number of nitrogens with zero attached hydrogens (tertiary/aromatic N) is 2. The number of likely N-dealkylation sites (tertiary alicyclic amines) is 1. The molecule has 1 aromatic carbocycles. The van der Waals surface area contributed by atoms with Gasteiger partial charge in [0, 0.05) is 29.2 Å². The van der Waals surface area contributed by atoms with Crippen molar-refractivity contribution >= 4 is 23.2 Å². The Morgan fingerprint density at radius 3 is 2.50 bits per heavy atom. The summed E-state index contributed by atoms with van der Waals surface area (Å²) in [7, 11) is 3.17. The van der Waals surface area contributed by atoms with Crippen molar-refractivity contribution in [2.45, 2.75) is 50.3 Å². The van der Waals surface area contributed by atoms with Crippen LogP contribution in [0.4, 0.5) is 0 Å². The first-order valence-electron chi connectivity index (χ1n) is 14.2. The van der Waals surface area contributed by atoms with Crippen molar-refractivity contribution in [3.8, 4) is 16.9 Å². The minimum atomic E-state index is -2.67. The number of furan rings is 1. The normalized spacial score (nSPS) is 28.1. The second kappa shape index (κ2) is 10.1. The summed E-state index contributed by atoms with van der Waals surface area (Å²) < 4.78 is 5.25. The predicted molar refractivity (Wildman–Crippen MR) is 151 cm³/mol. The Morgan fingerprint density at radius 1 is 1.17 bits per heavy atom. The van der Waals surface area contributed by atoms with Gasteiger partial charge in [0.1, 0.15) is 22.8 Å². The fourth-order valence-corrected chi connectivity index (χ4v) is 7.53. The van der Waals surface area contributed by atoms with Crippen molar-refractivity contribution in [2.24, 2.45) is 17.6 Å². The van der Waals surface area contributed by atoms with Gasteiger partial charge in [-0.25, -0.2) is 0 Å². The molecule has 11 heteroatoms. The number of nitrogens with two attached hydrogens (primary N) is 1. The van der Waals surface area contributed by atoms with E-state index in [2.05, 4.69) is 4.90 Å². The van der Waals surface area contributed by atoms with E-state index in [1.807, 2.05) is 6.07 Å². The molecule has 6 rings (SSSR count). The maximum atomic E-state index is 14.2. The molecule has 3 aliphatic carbocycles. The van der Waals surface area contributed by atoms with Crippen LogP contribution in [0.3, 0.4) is 0 Å². The SMILES string of the molecule is CN(C)[C@H]1C(=O)C(C(N)=O)=C(O)[C@]2(O)C(=O)C3=C(O)c4c(O)c(-c5ccoc5)cc(CN5CCCCC5)c4C[C@@H]3C[C@H]12. The van der Waals surface area contributed by atoms with E-state index in [0.717, 1.165) is 37.9 Å². The molecule has 1 saturated carbocycles. The summed E-state index contributed by atoms with van der Waals surface area (Å²) in [5.41, 5.74) is 4.45. The topological polar surface area (TPSA) is 178 Å². The third-order valence-electron chi connectivity index (χ3n) is 9.49. The molecule has 1 amide bonds. The second-order valence-electron chi connectivity index (χ2n) is 12.1. The number of rotatable bonds is 5. The lowest BCUT2D eigenvalue weighted by atomic mass is 9.57. The van der Waals surface area contributed by atoms with Gasteiger partial charge in [-0.2, -0.15) is 0 Å². The molecule has 2 aromatic rings. The number of aliphatic hydroxyl groups is 3. The Kier molecular flexibility index (Phi) is 6.79. The number of phenols is 1. The number of carbonyl (C=O) groups excluding carboxylic acids is 3. The van der Waals surface area contributed by atoms with Crippen LogP contribution < -0.4 is 5.73 Å². The first-order chi connectivity index (χ1) is 20.0. The number of fused-ring (bicyclic) bond motifs is 3. The average Bonchev–Trinajstić information content (AvgIpc) is 3.47. The van der Waals surface area contributed by atoms with Crippen molar-refractivity contribution < 1.29 is 39.2 Å². The van der Waals surface area contributed by atoms with E-state index < -0.39 is 58.0 Å². The van der Waals surface area contributed by atoms with Crippen LogP contribution in [-0.2, 0) is 27.3 Å². The largest absolute Gasteiger partial charge is 0.508 e. The van der Waals surface area contributed by atoms with Crippen molar-refractivity contribution in [1.82, 2.24) is 9.80 Å². The molecule has 0 bridgehead atoms. The van der Waals surface area contributed by atoms with E-state index in [4.69, 9.17) is 10.2 Å². The molecule has 1 aromatic heterocycles. The molecule has 222 valence electrons. The molecule has 11 nitrogen and oxygen atoms in total. The number of amides is 1. The van der Waals surface area contributed by atoms with Crippen LogP contribution in [0, 0.1) is 11.8 Å². The van der Waals surface area contributed by atoms with Gasteiger partial charge in [-0.15, -0.1) is 0 Å². The summed E-state index contributed by atoms with van der Waals surface area (Å²) in [6.45, 7) is 2.41. The minimum Gasteiger partial charge on any atom is -0.508 e. The Morgan fingerprint density at radius 2 is 1.88 bits per heavy atom. The van der Waals surface area contributed by atoms with Gasteiger partial charge in [0.2, 0.25) is 5.78 Å². The van der Waals surface area contributed by atoms with E-state index >= 15 is 0 Å². The number of aromatic hydroxyl groups is 1. The number of benzene rings is 1. The molecule has 1 saturated heterocycles. The van der Waals surface area contributed by atoms with Crippen LogP contribution in [0.2, 0.25) is 0 Å². The molecule has 42 heavy (non-hydrogen) atoms. The van der Waals surface area contributed by atoms with E-state index in [1.165, 1.54) is 17.4 Å². The van der Waals surface area contributed by atoms with Gasteiger partial charge in [-0.05, 0) is 82.0 Å². The summed E-state index contributed by atoms with van der Waals surface area (Å²) in [6.07, 6.45) is 6.59. The van der Waals surface area contributed by atoms with Gasteiger partial charge in [-0.1, -0.05) is 6.42 Å². The number of piperidine rings is 1. The molecule has 0 unspecified atom stereocenters. The first kappa shape index (κ1) is 28.2. The summed E-state index contributed by atoms with van der Waals surface area (Å²) in [6, 6.07) is 2.47. The molecular weight excluding hydrogens is 542 g/mol. The van der Waals surface area contributed by atoms with Crippen LogP contribution in [0.25, 0.3) is 16.9 Å². The third-order valence-corrected chi connectivity index (χ3v) is 9.49. The zero-order valence-corrected chi connectivity index (χ0v) is 23.6. The number of hydrogen-bond acceptors (Lipinski definition) is 10. The zero-order valence-electron chi connectivity index (χ0n) is 23.6. The second-order valence-corrected chi connectivity index (χ2v) is 12.1. The molecular formula is C31H35N3O8. The van der Waals surface area contributed by atoms with E-state index in [0.29, 0.717) is 23.2 Å². The van der Waals surface area contributed by atoms with Gasteiger partial charge in [-0.3, -0.25) is 24.2 Å². The number of ketones is 2. The van der Waals surface area contributed by atoms with Gasteiger partial charge in [0.15, 0.2) is 11.4 Å². The van der Waals surface area contributed by atoms with E-state index in [-0.39, 0.29) is 29.7 Å². The van der Waals surface area contributed by atoms with E-state index in [1.54, 1.807) is 20.2 Å². The lowest BCUT2D eigenvalue weighted by molar-refractivity contribution is -0.153. The molecule has 2 fully saturated rings. The van der Waals surface area contributed by atoms with Crippen molar-refractivity contribution in [3.05, 3.63) is 58.3 Å². The highest BCUT2D eigenvalue weighted by molar-refractivity contribution is 6.24. The van der Waals surface area contributed by atoms with Crippen LogP contribution >= 0.6 is 0 Å². The monoisotopic (exact) mass is 577 g/mol. The first-order valence-corrected chi connectivity index (χ1v) is 14.2. The van der Waals surface area contributed by atoms with Crippen molar-refractivity contribution in [1.29, 1.82) is 0 Å². The predicted octanol–water partition coefficient (Wildman–Crippen LogP) is 2.21. The van der Waals surface area contributed by atoms with Crippen LogP contribution in [0.15, 0.2) is 46.0 Å². The average molecular weight is 578 g/mol. The zero-order chi connectivity index (χ0) is 30.1. The molecule has 4 aliphatic rings. The number of likely N-dealkylation sites (N-methyl/N-ethyl adjacent to an activating group) is 1. The number of hydrogen-bond donors (Lipinski definition) is 5. The summed E-state index contributed by atoms with van der Waals surface area (Å²) >= 11 is 0. The molecule has 2 heterocycles. The fraction of sp³-hybridized carbons (Fsp3) is 0.452. The Labute approximate surface area is 242 Å². The third kappa shape index (κ3) is 4.02. The Bertz CT molecular complexity index is 1550. The standard InChI is InChI=1S/C31H35N3O8/c1-33(2)24-20-12-16-10-18-17(13-34-7-4-3-5-8-34)11-19(15-6-9-42-14-15)25(35)22(18)26(36)21(16)28(38)31(20,41)29(39)23(27(24)37)30(32)40/h6,9,11,14,16,20,24,35-36,39,41H,3-5,7-8,10,12-13H2,1-2H3,(H2,32,40)/t16-,20-,24-,31-/m1/s1. The molecule has 4 atom stereocenters. The maximum absolute atomic E-state index is 14.2. The maximum Gasteiger partial charge on any atom is 0.255 e. The molecule has 0 spiro atoms. The van der Waals surface area contributed by atoms with Crippen LogP contribution in [0.5, 0.6) is 5.75 Å². The fourth-order valence-electron chi connectivity index (χ4n) is 7.53. The quantitative estimate of drug-likeness (QED) is 0.331. The van der Waals surface area contributed by atoms with Gasteiger partial charge < -0.3 is 30.6 Å². The van der Waals surface area contributed by atoms with Crippen molar-refractivity contribution in [3.63, 3.8) is 0 Å². The lowest BCUT2D eigenvalue weighted by Gasteiger charge is -2.50. The van der Waals surface area contributed by atoms with E-state index in [9.17, 15) is 34.8 Å². The van der Waals surface area contributed by atoms with Crippen LogP contribution in [-0.4, -0.2) is 86.5 Å². The highest BCUT2D eigenvalue weighted by atomic mass is 16.3. The molecule has 0 radical (unpaired) electrons. The molecule has 1 aliphatic heterocycles. The van der Waals surface area contributed by atoms with Crippen LogP contribution in [0.1, 0.15) is 42.4 Å². The van der Waals surface area contributed by atoms with Crippen molar-refractivity contribution in [2.75, 3.05) is 27.2 Å². The van der Waals surface area contributed by atoms with Gasteiger partial charge in [0.25, 0.3) is 5.91 Å². The minimum absolute atomic E-state index is 0.0547. The van der Waals surface area contributed by atoms with Gasteiger partial charge >= 0.3 is 0 Å². The number of phenolic OH excluding ortho intramolecular Hbond substituents is 1. The Balaban J connectivity index is 1.55. The van der Waals surface area contributed by atoms with Gasteiger partial charge in [0.05, 0.1) is 24.1 Å². The number of carbonyl (C=O) groups is 3. The highest BCUT2D eigenvalue weighted by Crippen LogP contribution is 2.54. The summed E-state index contributed by atoms with van der Waals surface area (Å²) in [5.74, 6) is -6.60. The highest BCUT2D eigenvalue weighted by Gasteiger charge is 2.64.